The van der Waals surface area contributed by atoms with Crippen molar-refractivity contribution >= 4 is 0 Å². The Bertz CT molecular complexity index is 261. The number of nitrogens with zero attached hydrogens (tertiary/aromatic N) is 1. The predicted molar refractivity (Wildman–Crippen MR) is 53.2 cm³/mol. The fourth-order valence-corrected chi connectivity index (χ4v) is 3.82. The highest BCUT2D eigenvalue weighted by Gasteiger charge is 2.62. The number of hydrogen-bond donors (Lipinski definition) is 0. The van der Waals surface area contributed by atoms with Crippen LogP contribution in [-0.4, -0.2) is 23.5 Å². The monoisotopic (exact) mass is 175 g/mol. The van der Waals surface area contributed by atoms with Crippen LogP contribution >= 0.6 is 0 Å². The van der Waals surface area contributed by atoms with Crippen LogP contribution in [0.3, 0.4) is 0 Å². The Morgan fingerprint density at radius 2 is 2.38 bits per heavy atom. The van der Waals surface area contributed by atoms with Gasteiger partial charge in [0.15, 0.2) is 0 Å². The molecule has 70 valence electrons. The van der Waals surface area contributed by atoms with E-state index < -0.39 is 0 Å². The van der Waals surface area contributed by atoms with E-state index in [1.54, 1.807) is 0 Å². The Balaban J connectivity index is 1.70. The number of terminal acetylenes is 1. The van der Waals surface area contributed by atoms with Crippen LogP contribution in [0.25, 0.3) is 0 Å². The molecule has 1 spiro atoms. The molecule has 3 fully saturated rings. The van der Waals surface area contributed by atoms with Crippen molar-refractivity contribution in [2.24, 2.45) is 11.8 Å². The van der Waals surface area contributed by atoms with Crippen LogP contribution in [0.1, 0.15) is 32.1 Å². The van der Waals surface area contributed by atoms with E-state index in [4.69, 9.17) is 6.42 Å². The maximum atomic E-state index is 5.32. The lowest BCUT2D eigenvalue weighted by Crippen LogP contribution is -2.63. The van der Waals surface area contributed by atoms with Crippen LogP contribution in [-0.2, 0) is 0 Å². The number of hydrogen-bond acceptors (Lipinski definition) is 1. The minimum absolute atomic E-state index is 0.708. The topological polar surface area (TPSA) is 3.24 Å². The largest absolute Gasteiger partial charge is 0.297 e. The maximum absolute atomic E-state index is 5.32. The van der Waals surface area contributed by atoms with Gasteiger partial charge in [-0.15, -0.1) is 12.3 Å². The predicted octanol–water partition coefficient (Wildman–Crippen LogP) is 1.88. The summed E-state index contributed by atoms with van der Waals surface area (Å²) < 4.78 is 0. The third-order valence-electron chi connectivity index (χ3n) is 4.71. The van der Waals surface area contributed by atoms with Crippen molar-refractivity contribution in [3.63, 3.8) is 0 Å². The Hall–Kier alpha value is -0.480. The molecule has 1 aliphatic carbocycles. The molecule has 0 amide bonds. The molecule has 3 rings (SSSR count). The van der Waals surface area contributed by atoms with Gasteiger partial charge in [-0.1, -0.05) is 0 Å². The summed E-state index contributed by atoms with van der Waals surface area (Å²) in [5.74, 6) is 4.74. The summed E-state index contributed by atoms with van der Waals surface area (Å²) in [5, 5.41) is 0. The van der Waals surface area contributed by atoms with Crippen molar-refractivity contribution in [1.29, 1.82) is 0 Å². The van der Waals surface area contributed by atoms with Gasteiger partial charge in [0.1, 0.15) is 0 Å². The van der Waals surface area contributed by atoms with Gasteiger partial charge >= 0.3 is 0 Å². The summed E-state index contributed by atoms with van der Waals surface area (Å²) in [5.41, 5.74) is 0.708. The molecule has 2 aliphatic heterocycles. The molecule has 0 aromatic rings. The van der Waals surface area contributed by atoms with Gasteiger partial charge in [0.2, 0.25) is 0 Å². The third kappa shape index (κ3) is 0.828. The summed E-state index contributed by atoms with van der Waals surface area (Å²) in [6.45, 7) is 2.72. The Kier molecular flexibility index (Phi) is 1.52. The average molecular weight is 175 g/mol. The minimum Gasteiger partial charge on any atom is -0.297 e. The first-order valence-corrected chi connectivity index (χ1v) is 5.55. The fraction of sp³-hybridized carbons (Fsp3) is 0.833. The quantitative estimate of drug-likeness (QED) is 0.579. The smallest absolute Gasteiger partial charge is 0.0253 e. The molecule has 2 heterocycles. The lowest BCUT2D eigenvalue weighted by atomic mass is 9.59. The van der Waals surface area contributed by atoms with Gasteiger partial charge in [-0.05, 0) is 37.5 Å². The van der Waals surface area contributed by atoms with Gasteiger partial charge in [-0.3, -0.25) is 4.90 Å². The zero-order valence-electron chi connectivity index (χ0n) is 8.13. The van der Waals surface area contributed by atoms with Gasteiger partial charge in [0.25, 0.3) is 0 Å². The first-order chi connectivity index (χ1) is 6.37. The first-order valence-electron chi connectivity index (χ1n) is 5.55. The standard InChI is InChI=1S/C12H17N/c1-2-3-4-10-9-13-8-7-12(13)6-5-11(10)12/h1,10-11H,3-9H2. The van der Waals surface area contributed by atoms with Crippen LogP contribution in [0.15, 0.2) is 0 Å². The fourth-order valence-electron chi connectivity index (χ4n) is 3.82. The average Bonchev–Trinajstić information content (AvgIpc) is 2.17. The second-order valence-electron chi connectivity index (χ2n) is 4.95. The molecule has 0 bridgehead atoms. The highest BCUT2D eigenvalue weighted by atomic mass is 15.3. The van der Waals surface area contributed by atoms with Gasteiger partial charge in [-0.2, -0.15) is 0 Å². The molecule has 13 heavy (non-hydrogen) atoms. The summed E-state index contributed by atoms with van der Waals surface area (Å²) in [6, 6.07) is 0. The highest BCUT2D eigenvalue weighted by molar-refractivity contribution is 5.17. The van der Waals surface area contributed by atoms with Crippen molar-refractivity contribution in [2.45, 2.75) is 37.6 Å². The van der Waals surface area contributed by atoms with Crippen LogP contribution < -0.4 is 0 Å². The Morgan fingerprint density at radius 3 is 2.85 bits per heavy atom. The molecule has 3 atom stereocenters. The summed E-state index contributed by atoms with van der Waals surface area (Å²) in [6.07, 6.45) is 12.0. The van der Waals surface area contributed by atoms with Gasteiger partial charge in [0, 0.05) is 25.0 Å². The molecule has 0 aromatic heterocycles. The molecule has 0 N–H and O–H groups in total. The molecular weight excluding hydrogens is 158 g/mol. The van der Waals surface area contributed by atoms with Crippen LogP contribution in [0, 0.1) is 24.2 Å². The first kappa shape index (κ1) is 7.88. The molecule has 1 heteroatoms. The summed E-state index contributed by atoms with van der Waals surface area (Å²) in [7, 11) is 0. The molecular formula is C12H17N. The van der Waals surface area contributed by atoms with Crippen LogP contribution in [0.4, 0.5) is 0 Å². The SMILES string of the molecule is C#CCCC1CN2CCC23CCC13. The second-order valence-corrected chi connectivity index (χ2v) is 4.95. The Morgan fingerprint density at radius 1 is 1.46 bits per heavy atom. The molecule has 3 aliphatic rings. The zero-order valence-corrected chi connectivity index (χ0v) is 8.13. The molecule has 1 saturated carbocycles. The van der Waals surface area contributed by atoms with Gasteiger partial charge in [0.05, 0.1) is 0 Å². The van der Waals surface area contributed by atoms with Crippen molar-refractivity contribution in [3.05, 3.63) is 0 Å². The normalized spacial score (nSPS) is 47.0. The molecule has 1 nitrogen and oxygen atoms in total. The molecule has 0 aromatic carbocycles. The summed E-state index contributed by atoms with van der Waals surface area (Å²) in [4.78, 5) is 2.72. The van der Waals surface area contributed by atoms with Crippen molar-refractivity contribution in [1.82, 2.24) is 4.90 Å². The maximum Gasteiger partial charge on any atom is 0.0253 e. The van der Waals surface area contributed by atoms with E-state index in [1.807, 2.05) is 0 Å². The minimum atomic E-state index is 0.708. The number of rotatable bonds is 2. The van der Waals surface area contributed by atoms with E-state index in [1.165, 1.54) is 38.8 Å². The van der Waals surface area contributed by atoms with E-state index in [0.29, 0.717) is 5.54 Å². The van der Waals surface area contributed by atoms with Crippen molar-refractivity contribution in [2.75, 3.05) is 13.1 Å². The Labute approximate surface area is 80.5 Å². The zero-order chi connectivity index (χ0) is 8.89. The van der Waals surface area contributed by atoms with Gasteiger partial charge in [-0.25, -0.2) is 0 Å². The van der Waals surface area contributed by atoms with E-state index in [2.05, 4.69) is 10.8 Å². The van der Waals surface area contributed by atoms with E-state index in [9.17, 15) is 0 Å². The lowest BCUT2D eigenvalue weighted by molar-refractivity contribution is -0.0698. The van der Waals surface area contributed by atoms with Crippen molar-refractivity contribution < 1.29 is 0 Å². The van der Waals surface area contributed by atoms with Crippen LogP contribution in [0.5, 0.6) is 0 Å². The molecule has 2 saturated heterocycles. The van der Waals surface area contributed by atoms with E-state index in [-0.39, 0.29) is 0 Å². The third-order valence-corrected chi connectivity index (χ3v) is 4.71. The summed E-state index contributed by atoms with van der Waals surface area (Å²) >= 11 is 0. The van der Waals surface area contributed by atoms with Crippen LogP contribution in [0.2, 0.25) is 0 Å². The highest BCUT2D eigenvalue weighted by Crippen LogP contribution is 2.60. The lowest BCUT2D eigenvalue weighted by Gasteiger charge is -2.58. The van der Waals surface area contributed by atoms with E-state index >= 15 is 0 Å². The van der Waals surface area contributed by atoms with Gasteiger partial charge < -0.3 is 0 Å². The van der Waals surface area contributed by atoms with Crippen molar-refractivity contribution in [3.8, 4) is 12.3 Å². The second kappa shape index (κ2) is 2.51. The molecule has 3 unspecified atom stereocenters. The molecule has 0 radical (unpaired) electrons. The van der Waals surface area contributed by atoms with E-state index in [0.717, 1.165) is 18.3 Å².